The molecule has 0 N–H and O–H groups in total. The lowest BCUT2D eigenvalue weighted by Gasteiger charge is -2.54. The molecule has 20 heavy (non-hydrogen) atoms. The minimum atomic E-state index is -1.82. The molecule has 1 fully saturated rings. The number of ether oxygens (including phenoxy) is 2. The Labute approximate surface area is 124 Å². The average molecular weight is 314 g/mol. The molecule has 0 radical (unpaired) electrons. The van der Waals surface area contributed by atoms with Crippen LogP contribution in [0.4, 0.5) is 5.69 Å². The number of carbonyl (C=O) groups is 2. The van der Waals surface area contributed by atoms with Crippen molar-refractivity contribution in [2.75, 3.05) is 12.0 Å². The van der Waals surface area contributed by atoms with E-state index in [2.05, 4.69) is 0 Å². The van der Waals surface area contributed by atoms with Crippen molar-refractivity contribution in [1.82, 2.24) is 0 Å². The number of hydrogen-bond donors (Lipinski definition) is 0. The normalized spacial score (nSPS) is 26.6. The van der Waals surface area contributed by atoms with Gasteiger partial charge in [0.15, 0.2) is 0 Å². The molecule has 1 atom stereocenters. The Morgan fingerprint density at radius 2 is 1.85 bits per heavy atom. The molecule has 0 aromatic heterocycles. The van der Waals surface area contributed by atoms with Crippen LogP contribution in [0.15, 0.2) is 36.4 Å². The zero-order valence-corrected chi connectivity index (χ0v) is 11.8. The number of methoxy groups -OCH3 is 1. The van der Waals surface area contributed by atoms with Gasteiger partial charge < -0.3 is 9.47 Å². The van der Waals surface area contributed by atoms with Crippen LogP contribution in [0.5, 0.6) is 5.75 Å². The molecule has 1 unspecified atom stereocenters. The van der Waals surface area contributed by atoms with Crippen LogP contribution in [-0.4, -0.2) is 29.0 Å². The summed E-state index contributed by atoms with van der Waals surface area (Å²) in [6.45, 7) is 0. The lowest BCUT2D eigenvalue weighted by molar-refractivity contribution is -0.158. The molecule has 5 nitrogen and oxygen atoms in total. The summed E-state index contributed by atoms with van der Waals surface area (Å²) < 4.78 is 8.38. The van der Waals surface area contributed by atoms with Gasteiger partial charge in [0.1, 0.15) is 5.75 Å². The van der Waals surface area contributed by atoms with Crippen LogP contribution >= 0.6 is 23.2 Å². The van der Waals surface area contributed by atoms with Crippen LogP contribution in [-0.2, 0) is 14.3 Å². The Hall–Kier alpha value is -1.72. The van der Waals surface area contributed by atoms with Crippen LogP contribution < -0.4 is 9.64 Å². The van der Waals surface area contributed by atoms with Gasteiger partial charge in [-0.3, -0.25) is 9.69 Å². The Balaban J connectivity index is 2.02. The van der Waals surface area contributed by atoms with E-state index in [1.54, 1.807) is 24.3 Å². The lowest BCUT2D eigenvalue weighted by Crippen LogP contribution is -2.78. The molecule has 2 heterocycles. The summed E-state index contributed by atoms with van der Waals surface area (Å²) in [4.78, 5) is 24.7. The average Bonchev–Trinajstić information content (AvgIpc) is 2.84. The van der Waals surface area contributed by atoms with E-state index >= 15 is 0 Å². The second-order valence-corrected chi connectivity index (χ2v) is 5.69. The highest BCUT2D eigenvalue weighted by Gasteiger charge is 2.74. The smallest absolute Gasteiger partial charge is 0.333 e. The number of anilines is 1. The number of alkyl halides is 2. The van der Waals surface area contributed by atoms with Gasteiger partial charge in [-0.25, -0.2) is 4.79 Å². The molecule has 0 saturated carbocycles. The summed E-state index contributed by atoms with van der Waals surface area (Å²) in [5, 5.41) is 0. The van der Waals surface area contributed by atoms with Crippen LogP contribution in [0, 0.1) is 0 Å². The highest BCUT2D eigenvalue weighted by molar-refractivity contribution is 6.63. The molecule has 2 aliphatic rings. The summed E-state index contributed by atoms with van der Waals surface area (Å²) in [7, 11) is 1.54. The van der Waals surface area contributed by atoms with Gasteiger partial charge in [-0.05, 0) is 30.3 Å². The van der Waals surface area contributed by atoms with Crippen molar-refractivity contribution in [2.45, 2.75) is 10.1 Å². The number of rotatable bonds is 2. The van der Waals surface area contributed by atoms with Crippen molar-refractivity contribution in [1.29, 1.82) is 0 Å². The third-order valence-electron chi connectivity index (χ3n) is 3.29. The number of esters is 1. The van der Waals surface area contributed by atoms with Crippen molar-refractivity contribution in [3.8, 4) is 5.75 Å². The fourth-order valence-corrected chi connectivity index (χ4v) is 2.80. The molecule has 0 bridgehead atoms. The van der Waals surface area contributed by atoms with Crippen molar-refractivity contribution in [3.05, 3.63) is 36.4 Å². The van der Waals surface area contributed by atoms with Crippen LogP contribution in [0.25, 0.3) is 0 Å². The highest BCUT2D eigenvalue weighted by Crippen LogP contribution is 2.54. The zero-order valence-electron chi connectivity index (χ0n) is 10.3. The van der Waals surface area contributed by atoms with Crippen LogP contribution in [0.2, 0.25) is 0 Å². The van der Waals surface area contributed by atoms with E-state index in [1.165, 1.54) is 24.2 Å². The number of benzene rings is 1. The van der Waals surface area contributed by atoms with Gasteiger partial charge in [-0.1, -0.05) is 23.2 Å². The van der Waals surface area contributed by atoms with E-state index in [1.807, 2.05) is 0 Å². The molecule has 1 aromatic carbocycles. The van der Waals surface area contributed by atoms with E-state index in [0.717, 1.165) is 0 Å². The van der Waals surface area contributed by atoms with Gasteiger partial charge in [0, 0.05) is 11.8 Å². The van der Waals surface area contributed by atoms with E-state index in [-0.39, 0.29) is 0 Å². The van der Waals surface area contributed by atoms with Crippen LogP contribution in [0.1, 0.15) is 0 Å². The number of amides is 1. The number of nitrogens with zero attached hydrogens (tertiary/aromatic N) is 1. The molecular formula is C13H9Cl2NO4. The van der Waals surface area contributed by atoms with Gasteiger partial charge in [0.25, 0.3) is 16.0 Å². The van der Waals surface area contributed by atoms with E-state index < -0.39 is 21.9 Å². The number of carbonyl (C=O) groups excluding carboxylic acids is 2. The number of hydrogen-bond acceptors (Lipinski definition) is 4. The van der Waals surface area contributed by atoms with Crippen LogP contribution in [0.3, 0.4) is 0 Å². The molecule has 7 heteroatoms. The predicted octanol–water partition coefficient (Wildman–Crippen LogP) is 2.02. The van der Waals surface area contributed by atoms with Crippen molar-refractivity contribution >= 4 is 40.8 Å². The van der Waals surface area contributed by atoms with Gasteiger partial charge >= 0.3 is 5.97 Å². The first-order valence-corrected chi connectivity index (χ1v) is 6.47. The fourth-order valence-electron chi connectivity index (χ4n) is 2.26. The second-order valence-electron chi connectivity index (χ2n) is 4.36. The maximum Gasteiger partial charge on any atom is 0.333 e. The summed E-state index contributed by atoms with van der Waals surface area (Å²) >= 11 is 12.0. The molecule has 104 valence electrons. The summed E-state index contributed by atoms with van der Waals surface area (Å²) in [5.41, 5.74) is -0.981. The minimum absolute atomic E-state index is 0.507. The van der Waals surface area contributed by atoms with Gasteiger partial charge in [-0.2, -0.15) is 0 Å². The second kappa shape index (κ2) is 4.14. The molecule has 2 aliphatic heterocycles. The number of halogens is 2. The first-order chi connectivity index (χ1) is 9.42. The molecule has 1 saturated heterocycles. The maximum atomic E-state index is 12.1. The van der Waals surface area contributed by atoms with E-state index in [0.29, 0.717) is 11.4 Å². The highest BCUT2D eigenvalue weighted by atomic mass is 35.5. The van der Waals surface area contributed by atoms with Crippen molar-refractivity contribution in [3.63, 3.8) is 0 Å². The molecular weight excluding hydrogens is 305 g/mol. The topological polar surface area (TPSA) is 55.8 Å². The molecule has 1 aromatic rings. The maximum absolute atomic E-state index is 12.1. The summed E-state index contributed by atoms with van der Waals surface area (Å²) in [5.74, 6) is -0.509. The fraction of sp³-hybridized carbons (Fsp3) is 0.231. The van der Waals surface area contributed by atoms with Gasteiger partial charge in [-0.15, -0.1) is 0 Å². The molecule has 3 rings (SSSR count). The van der Waals surface area contributed by atoms with E-state index in [9.17, 15) is 9.59 Å². The lowest BCUT2D eigenvalue weighted by atomic mass is 9.94. The quantitative estimate of drug-likeness (QED) is 0.476. The van der Waals surface area contributed by atoms with Gasteiger partial charge in [0.05, 0.1) is 7.11 Å². The third-order valence-corrected chi connectivity index (χ3v) is 4.15. The number of β-lactam (4-membered cyclic amide) rings is 1. The van der Waals surface area contributed by atoms with Crippen molar-refractivity contribution in [2.24, 2.45) is 0 Å². The SMILES string of the molecule is COc1ccc(N2C(=O)C(Cl)(Cl)C23C=CC(=O)O3)cc1. The summed E-state index contributed by atoms with van der Waals surface area (Å²) in [6, 6.07) is 6.67. The van der Waals surface area contributed by atoms with E-state index in [4.69, 9.17) is 32.7 Å². The predicted molar refractivity (Wildman–Crippen MR) is 72.9 cm³/mol. The Kier molecular flexibility index (Phi) is 2.74. The first-order valence-electron chi connectivity index (χ1n) is 5.71. The Morgan fingerprint density at radius 1 is 1.20 bits per heavy atom. The molecule has 1 amide bonds. The minimum Gasteiger partial charge on any atom is -0.497 e. The molecule has 1 spiro atoms. The summed E-state index contributed by atoms with van der Waals surface area (Å²) in [6.07, 6.45) is 2.59. The Morgan fingerprint density at radius 3 is 2.35 bits per heavy atom. The Bertz CT molecular complexity index is 626. The monoisotopic (exact) mass is 313 g/mol. The standard InChI is InChI=1S/C13H9Cl2NO4/c1-19-9-4-2-8(3-5-9)16-11(18)13(14,15)12(16)7-6-10(17)20-12/h2-7H,1H3. The zero-order chi connectivity index (χ0) is 14.5. The molecule has 0 aliphatic carbocycles. The van der Waals surface area contributed by atoms with Gasteiger partial charge in [0.2, 0.25) is 0 Å². The van der Waals surface area contributed by atoms with Crippen molar-refractivity contribution < 1.29 is 19.1 Å². The third kappa shape index (κ3) is 1.50. The largest absolute Gasteiger partial charge is 0.497 e. The first kappa shape index (κ1) is 13.3.